The lowest BCUT2D eigenvalue weighted by atomic mass is 9.59. The third kappa shape index (κ3) is 2.75. The predicted molar refractivity (Wildman–Crippen MR) is 126 cm³/mol. The molecular formula is C28H34O6. The fourth-order valence-corrected chi connectivity index (χ4v) is 7.47. The van der Waals surface area contributed by atoms with Gasteiger partial charge in [-0.3, -0.25) is 4.79 Å². The highest BCUT2D eigenvalue weighted by molar-refractivity contribution is 5.96. The van der Waals surface area contributed by atoms with Crippen molar-refractivity contribution in [2.75, 3.05) is 7.11 Å². The molecule has 0 unspecified atom stereocenters. The molecule has 182 valence electrons. The summed E-state index contributed by atoms with van der Waals surface area (Å²) in [5.74, 6) is -0.144. The number of aliphatic hydroxyl groups excluding tert-OH is 1. The van der Waals surface area contributed by atoms with Crippen molar-refractivity contribution >= 4 is 11.8 Å². The van der Waals surface area contributed by atoms with E-state index in [1.54, 1.807) is 51.3 Å². The van der Waals surface area contributed by atoms with E-state index in [1.165, 1.54) is 0 Å². The van der Waals surface area contributed by atoms with Gasteiger partial charge in [0.25, 0.3) is 0 Å². The monoisotopic (exact) mass is 466 g/mol. The van der Waals surface area contributed by atoms with Gasteiger partial charge in [-0.1, -0.05) is 32.9 Å². The van der Waals surface area contributed by atoms with E-state index in [2.05, 4.69) is 13.8 Å². The van der Waals surface area contributed by atoms with Crippen LogP contribution in [-0.4, -0.2) is 46.9 Å². The zero-order valence-corrected chi connectivity index (χ0v) is 20.7. The second-order valence-corrected chi connectivity index (χ2v) is 11.4. The van der Waals surface area contributed by atoms with E-state index in [0.717, 1.165) is 6.42 Å². The molecule has 6 heteroatoms. The second-order valence-electron chi connectivity index (χ2n) is 11.4. The van der Waals surface area contributed by atoms with E-state index < -0.39 is 29.2 Å². The third-order valence-corrected chi connectivity index (χ3v) is 9.39. The topological polar surface area (TPSA) is 93.1 Å². The number of ether oxygens (including phenoxy) is 2. The van der Waals surface area contributed by atoms with Crippen LogP contribution in [0.2, 0.25) is 0 Å². The molecule has 5 rings (SSSR count). The summed E-state index contributed by atoms with van der Waals surface area (Å²) in [7, 11) is 1.54. The van der Waals surface area contributed by atoms with Gasteiger partial charge in [-0.2, -0.15) is 0 Å². The average molecular weight is 467 g/mol. The van der Waals surface area contributed by atoms with Crippen molar-refractivity contribution in [3.63, 3.8) is 0 Å². The highest BCUT2D eigenvalue weighted by atomic mass is 16.6. The lowest BCUT2D eigenvalue weighted by Gasteiger charge is -2.48. The molecular weight excluding hydrogens is 432 g/mol. The number of hydrogen-bond donors (Lipinski definition) is 2. The minimum absolute atomic E-state index is 0.0397. The minimum atomic E-state index is -1.98. The number of ketones is 1. The van der Waals surface area contributed by atoms with E-state index in [-0.39, 0.29) is 29.0 Å². The van der Waals surface area contributed by atoms with Crippen LogP contribution in [0.25, 0.3) is 0 Å². The number of esters is 1. The molecule has 2 N–H and O–H groups in total. The zero-order valence-electron chi connectivity index (χ0n) is 20.7. The molecule has 4 aliphatic carbocycles. The van der Waals surface area contributed by atoms with Crippen LogP contribution in [0.4, 0.5) is 0 Å². The zero-order chi connectivity index (χ0) is 24.8. The molecule has 1 aromatic carbocycles. The maximum absolute atomic E-state index is 14.3. The Hall–Kier alpha value is -2.44. The van der Waals surface area contributed by atoms with Crippen LogP contribution in [0.3, 0.4) is 0 Å². The van der Waals surface area contributed by atoms with E-state index in [9.17, 15) is 19.8 Å². The molecule has 0 amide bonds. The van der Waals surface area contributed by atoms with Crippen LogP contribution in [0.15, 0.2) is 47.6 Å². The molecule has 1 spiro atoms. The van der Waals surface area contributed by atoms with Gasteiger partial charge in [0.1, 0.15) is 11.9 Å². The normalized spacial score (nSPS) is 41.8. The fraction of sp³-hybridized carbons (Fsp3) is 0.571. The molecule has 2 saturated carbocycles. The summed E-state index contributed by atoms with van der Waals surface area (Å²) in [5.41, 5.74) is -1.83. The van der Waals surface area contributed by atoms with Gasteiger partial charge in [-0.15, -0.1) is 0 Å². The molecule has 1 aromatic rings. The van der Waals surface area contributed by atoms with Gasteiger partial charge in [-0.05, 0) is 78.8 Å². The van der Waals surface area contributed by atoms with Crippen molar-refractivity contribution in [1.82, 2.24) is 0 Å². The maximum Gasteiger partial charge on any atom is 0.338 e. The number of hydrogen-bond acceptors (Lipinski definition) is 6. The summed E-state index contributed by atoms with van der Waals surface area (Å²) in [5, 5.41) is 23.9. The summed E-state index contributed by atoms with van der Waals surface area (Å²) in [6.07, 6.45) is 1.94. The first-order valence-electron chi connectivity index (χ1n) is 12.1. The SMILES string of the molecule is COc1ccc(C(=O)O[C@H]2C(C)=C[C@]34C(=O)[C@@H](C=C(C)[C@@H](O)[C@]23O)[C@H]2[C@@H](C[C@H]4C)C2(C)C)cc1. The molecule has 8 atom stereocenters. The van der Waals surface area contributed by atoms with E-state index in [4.69, 9.17) is 9.47 Å². The Morgan fingerprint density at radius 1 is 1.12 bits per heavy atom. The van der Waals surface area contributed by atoms with Gasteiger partial charge in [0.15, 0.2) is 17.5 Å². The minimum Gasteiger partial charge on any atom is -0.497 e. The number of aliphatic hydroxyl groups is 2. The van der Waals surface area contributed by atoms with Crippen molar-refractivity contribution in [3.8, 4) is 5.75 Å². The predicted octanol–water partition coefficient (Wildman–Crippen LogP) is 3.72. The van der Waals surface area contributed by atoms with Gasteiger partial charge < -0.3 is 19.7 Å². The Morgan fingerprint density at radius 2 is 1.76 bits per heavy atom. The van der Waals surface area contributed by atoms with Crippen LogP contribution in [0.1, 0.15) is 51.4 Å². The fourth-order valence-electron chi connectivity index (χ4n) is 7.47. The molecule has 0 heterocycles. The quantitative estimate of drug-likeness (QED) is 0.521. The van der Waals surface area contributed by atoms with Crippen LogP contribution >= 0.6 is 0 Å². The van der Waals surface area contributed by atoms with Crippen molar-refractivity contribution in [1.29, 1.82) is 0 Å². The van der Waals surface area contributed by atoms with Crippen LogP contribution < -0.4 is 4.74 Å². The van der Waals surface area contributed by atoms with Crippen LogP contribution in [0, 0.1) is 34.5 Å². The Bertz CT molecular complexity index is 1110. The molecule has 4 aliphatic rings. The smallest absolute Gasteiger partial charge is 0.338 e. The first kappa shape index (κ1) is 23.3. The van der Waals surface area contributed by atoms with E-state index in [1.807, 2.05) is 13.0 Å². The standard InChI is InChI=1S/C28H34O6/c1-14-11-19-21-20(26(21,4)5)12-16(3)27(23(19)30)13-15(2)24(28(27,32)22(14)29)34-25(31)17-7-9-18(33-6)10-8-17/h7-11,13,16,19-22,24,29,32H,12H2,1-6H3/t16-,19+,20-,21+,22-,24+,27+,28+/m1/s1. The number of carbonyl (C=O) groups excluding carboxylic acids is 2. The van der Waals surface area contributed by atoms with E-state index >= 15 is 0 Å². The molecule has 2 bridgehead atoms. The van der Waals surface area contributed by atoms with Gasteiger partial charge in [0.2, 0.25) is 0 Å². The lowest BCUT2D eigenvalue weighted by Crippen LogP contribution is -2.65. The van der Waals surface area contributed by atoms with E-state index in [0.29, 0.717) is 28.4 Å². The van der Waals surface area contributed by atoms with Crippen molar-refractivity contribution in [2.24, 2.45) is 34.5 Å². The second kappa shape index (κ2) is 7.28. The Balaban J connectivity index is 1.58. The summed E-state index contributed by atoms with van der Waals surface area (Å²) >= 11 is 0. The van der Waals surface area contributed by atoms with Crippen molar-refractivity contribution in [3.05, 3.63) is 53.1 Å². The molecule has 0 aliphatic heterocycles. The van der Waals surface area contributed by atoms with Gasteiger partial charge in [0.05, 0.1) is 18.1 Å². The Kier molecular flexibility index (Phi) is 4.99. The molecule has 0 aromatic heterocycles. The molecule has 0 radical (unpaired) electrons. The number of rotatable bonds is 3. The number of Topliss-reactive ketones (excluding diaryl/α,β-unsaturated/α-hetero) is 1. The number of allylic oxidation sites excluding steroid dienone is 1. The highest BCUT2D eigenvalue weighted by Gasteiger charge is 2.76. The van der Waals surface area contributed by atoms with Crippen molar-refractivity contribution < 1.29 is 29.3 Å². The summed E-state index contributed by atoms with van der Waals surface area (Å²) in [6.45, 7) is 9.91. The highest BCUT2D eigenvalue weighted by Crippen LogP contribution is 2.71. The molecule has 6 nitrogen and oxygen atoms in total. The number of fused-ring (bicyclic) bond motifs is 3. The average Bonchev–Trinajstić information content (AvgIpc) is 3.29. The van der Waals surface area contributed by atoms with Crippen LogP contribution in [-0.2, 0) is 9.53 Å². The lowest BCUT2D eigenvalue weighted by molar-refractivity contribution is -0.189. The summed E-state index contributed by atoms with van der Waals surface area (Å²) < 4.78 is 11.0. The number of carbonyl (C=O) groups is 2. The van der Waals surface area contributed by atoms with Crippen molar-refractivity contribution in [2.45, 2.75) is 58.8 Å². The molecule has 2 fully saturated rings. The number of methoxy groups -OCH3 is 1. The van der Waals surface area contributed by atoms with Gasteiger partial charge in [-0.25, -0.2) is 4.79 Å². The van der Waals surface area contributed by atoms with Crippen LogP contribution in [0.5, 0.6) is 5.75 Å². The largest absolute Gasteiger partial charge is 0.497 e. The first-order chi connectivity index (χ1) is 15.9. The first-order valence-corrected chi connectivity index (χ1v) is 12.1. The van der Waals surface area contributed by atoms with Gasteiger partial charge in [0, 0.05) is 5.92 Å². The summed E-state index contributed by atoms with van der Waals surface area (Å²) in [4.78, 5) is 27.4. The summed E-state index contributed by atoms with van der Waals surface area (Å²) in [6, 6.07) is 6.50. The molecule has 0 saturated heterocycles. The third-order valence-electron chi connectivity index (χ3n) is 9.39. The number of benzene rings is 1. The van der Waals surface area contributed by atoms with Gasteiger partial charge >= 0.3 is 5.97 Å². The Morgan fingerprint density at radius 3 is 2.38 bits per heavy atom. The maximum atomic E-state index is 14.3. The molecule has 34 heavy (non-hydrogen) atoms. The Labute approximate surface area is 200 Å².